The molecule has 1 rings (SSSR count). The predicted molar refractivity (Wildman–Crippen MR) is 82.1 cm³/mol. The molecular formula is C14H26N2O3S. The summed E-state index contributed by atoms with van der Waals surface area (Å²) in [6.07, 6.45) is 8.40. The molecule has 0 spiro atoms. The monoisotopic (exact) mass is 302 g/mol. The van der Waals surface area contributed by atoms with Crippen molar-refractivity contribution in [2.24, 2.45) is 5.92 Å². The van der Waals surface area contributed by atoms with Crippen LogP contribution in [0.15, 0.2) is 0 Å². The maximum Gasteiger partial charge on any atom is 0.326 e. The Morgan fingerprint density at radius 3 is 2.45 bits per heavy atom. The maximum absolute atomic E-state index is 11.9. The number of hydrogen-bond donors (Lipinski definition) is 3. The van der Waals surface area contributed by atoms with Crippen LogP contribution in [0.3, 0.4) is 0 Å². The van der Waals surface area contributed by atoms with Crippen LogP contribution in [0, 0.1) is 5.92 Å². The molecule has 5 nitrogen and oxygen atoms in total. The fourth-order valence-corrected chi connectivity index (χ4v) is 3.12. The third-order valence-corrected chi connectivity index (χ3v) is 4.57. The first-order chi connectivity index (χ1) is 9.54. The molecule has 1 aliphatic carbocycles. The van der Waals surface area contributed by atoms with E-state index in [1.165, 1.54) is 19.3 Å². The molecule has 2 amide bonds. The van der Waals surface area contributed by atoms with E-state index in [4.69, 9.17) is 5.11 Å². The van der Waals surface area contributed by atoms with E-state index in [9.17, 15) is 9.59 Å². The molecule has 1 aliphatic rings. The van der Waals surface area contributed by atoms with Gasteiger partial charge in [-0.2, -0.15) is 11.8 Å². The second-order valence-corrected chi connectivity index (χ2v) is 6.46. The number of aliphatic carboxylic acids is 1. The van der Waals surface area contributed by atoms with Crippen molar-refractivity contribution in [2.45, 2.75) is 57.5 Å². The van der Waals surface area contributed by atoms with Gasteiger partial charge in [0.2, 0.25) is 0 Å². The van der Waals surface area contributed by atoms with Crippen LogP contribution in [-0.2, 0) is 4.79 Å². The first-order valence-corrected chi connectivity index (χ1v) is 8.72. The Morgan fingerprint density at radius 1 is 1.25 bits per heavy atom. The van der Waals surface area contributed by atoms with E-state index in [0.29, 0.717) is 12.3 Å². The largest absolute Gasteiger partial charge is 0.480 e. The molecule has 3 N–H and O–H groups in total. The third-order valence-electron chi connectivity index (χ3n) is 3.93. The van der Waals surface area contributed by atoms with E-state index < -0.39 is 12.0 Å². The van der Waals surface area contributed by atoms with Crippen LogP contribution < -0.4 is 10.6 Å². The molecule has 1 unspecified atom stereocenters. The highest BCUT2D eigenvalue weighted by molar-refractivity contribution is 7.98. The summed E-state index contributed by atoms with van der Waals surface area (Å²) >= 11 is 1.58. The fraction of sp³-hybridized carbons (Fsp3) is 0.857. The zero-order valence-electron chi connectivity index (χ0n) is 12.4. The number of carbonyl (C=O) groups excluding carboxylic acids is 1. The lowest BCUT2D eigenvalue weighted by atomic mass is 9.85. The van der Waals surface area contributed by atoms with Gasteiger partial charge in [-0.1, -0.05) is 19.3 Å². The number of thioether (sulfide) groups is 1. The molecular weight excluding hydrogens is 276 g/mol. The zero-order chi connectivity index (χ0) is 15.0. The van der Waals surface area contributed by atoms with Gasteiger partial charge in [-0.25, -0.2) is 9.59 Å². The minimum atomic E-state index is -0.973. The molecule has 0 aliphatic heterocycles. The standard InChI is InChI=1S/C14H26N2O3S/c1-10(11-6-4-3-5-7-11)15-14(19)16-12(13(17)18)8-9-20-2/h10-12H,3-9H2,1-2H3,(H,17,18)(H2,15,16,19)/t10?,12-/m0/s1. The molecule has 0 aromatic rings. The molecule has 0 heterocycles. The first kappa shape index (κ1) is 17.1. The molecule has 20 heavy (non-hydrogen) atoms. The van der Waals surface area contributed by atoms with Crippen molar-refractivity contribution < 1.29 is 14.7 Å². The summed E-state index contributed by atoms with van der Waals surface area (Å²) in [5, 5.41) is 14.5. The quantitative estimate of drug-likeness (QED) is 0.675. The van der Waals surface area contributed by atoms with Gasteiger partial charge in [-0.05, 0) is 44.1 Å². The van der Waals surface area contributed by atoms with E-state index in [0.717, 1.165) is 18.6 Å². The Kier molecular flexibility index (Phi) is 7.80. The number of carbonyl (C=O) groups is 2. The Labute approximate surface area is 125 Å². The van der Waals surface area contributed by atoms with Crippen LogP contribution >= 0.6 is 11.8 Å². The summed E-state index contributed by atoms with van der Waals surface area (Å²) in [5.74, 6) is 0.263. The normalized spacial score (nSPS) is 19.1. The van der Waals surface area contributed by atoms with Gasteiger partial charge in [0.1, 0.15) is 6.04 Å². The van der Waals surface area contributed by atoms with E-state index in [-0.39, 0.29) is 12.1 Å². The topological polar surface area (TPSA) is 78.4 Å². The van der Waals surface area contributed by atoms with Crippen LogP contribution in [-0.4, -0.2) is 41.2 Å². The lowest BCUT2D eigenvalue weighted by Crippen LogP contribution is -2.50. The summed E-state index contributed by atoms with van der Waals surface area (Å²) in [4.78, 5) is 23.0. The number of rotatable bonds is 7. The lowest BCUT2D eigenvalue weighted by Gasteiger charge is -2.28. The van der Waals surface area contributed by atoms with Gasteiger partial charge in [0.15, 0.2) is 0 Å². The van der Waals surface area contributed by atoms with Crippen LogP contribution in [0.25, 0.3) is 0 Å². The molecule has 116 valence electrons. The number of nitrogens with one attached hydrogen (secondary N) is 2. The van der Waals surface area contributed by atoms with Crippen LogP contribution in [0.4, 0.5) is 4.79 Å². The summed E-state index contributed by atoms with van der Waals surface area (Å²) in [5.41, 5.74) is 0. The molecule has 2 atom stereocenters. The Bertz CT molecular complexity index is 320. The van der Waals surface area contributed by atoms with Crippen molar-refractivity contribution >= 4 is 23.8 Å². The molecule has 0 aromatic heterocycles. The highest BCUT2D eigenvalue weighted by atomic mass is 32.2. The molecule has 1 fully saturated rings. The second-order valence-electron chi connectivity index (χ2n) is 5.48. The summed E-state index contributed by atoms with van der Waals surface area (Å²) < 4.78 is 0. The van der Waals surface area contributed by atoms with Gasteiger partial charge < -0.3 is 15.7 Å². The zero-order valence-corrected chi connectivity index (χ0v) is 13.2. The first-order valence-electron chi connectivity index (χ1n) is 7.33. The minimum Gasteiger partial charge on any atom is -0.480 e. The molecule has 0 radical (unpaired) electrons. The minimum absolute atomic E-state index is 0.102. The molecule has 6 heteroatoms. The van der Waals surface area contributed by atoms with Gasteiger partial charge >= 0.3 is 12.0 Å². The average Bonchev–Trinajstić information content (AvgIpc) is 2.44. The molecule has 1 saturated carbocycles. The second kappa shape index (κ2) is 9.10. The van der Waals surface area contributed by atoms with Crippen molar-refractivity contribution in [3.8, 4) is 0 Å². The Hall–Kier alpha value is -0.910. The van der Waals surface area contributed by atoms with E-state index in [1.807, 2.05) is 13.2 Å². The van der Waals surface area contributed by atoms with Crippen molar-refractivity contribution in [3.05, 3.63) is 0 Å². The highest BCUT2D eigenvalue weighted by Crippen LogP contribution is 2.26. The summed E-state index contributed by atoms with van der Waals surface area (Å²) in [6.45, 7) is 2.01. The maximum atomic E-state index is 11.9. The van der Waals surface area contributed by atoms with Crippen molar-refractivity contribution in [1.29, 1.82) is 0 Å². The highest BCUT2D eigenvalue weighted by Gasteiger charge is 2.24. The van der Waals surface area contributed by atoms with Crippen LogP contribution in [0.2, 0.25) is 0 Å². The van der Waals surface area contributed by atoms with Gasteiger partial charge in [0, 0.05) is 6.04 Å². The third kappa shape index (κ3) is 6.03. The van der Waals surface area contributed by atoms with Gasteiger partial charge in [0.05, 0.1) is 0 Å². The molecule has 0 bridgehead atoms. The van der Waals surface area contributed by atoms with Crippen molar-refractivity contribution in [1.82, 2.24) is 10.6 Å². The fourth-order valence-electron chi connectivity index (χ4n) is 2.65. The average molecular weight is 302 g/mol. The van der Waals surface area contributed by atoms with Gasteiger partial charge in [-0.3, -0.25) is 0 Å². The smallest absolute Gasteiger partial charge is 0.326 e. The van der Waals surface area contributed by atoms with Gasteiger partial charge in [-0.15, -0.1) is 0 Å². The number of urea groups is 1. The van der Waals surface area contributed by atoms with E-state index in [1.54, 1.807) is 11.8 Å². The predicted octanol–water partition coefficient (Wildman–Crippen LogP) is 2.46. The molecule has 0 aromatic carbocycles. The van der Waals surface area contributed by atoms with Crippen LogP contribution in [0.1, 0.15) is 45.4 Å². The Balaban J connectivity index is 2.37. The SMILES string of the molecule is CSCC[C@H](NC(=O)NC(C)C1CCCCC1)C(=O)O. The number of carboxylic acids is 1. The lowest BCUT2D eigenvalue weighted by molar-refractivity contribution is -0.139. The Morgan fingerprint density at radius 2 is 1.90 bits per heavy atom. The number of amides is 2. The van der Waals surface area contributed by atoms with E-state index in [2.05, 4.69) is 10.6 Å². The molecule has 0 saturated heterocycles. The van der Waals surface area contributed by atoms with Crippen molar-refractivity contribution in [2.75, 3.05) is 12.0 Å². The number of hydrogen-bond acceptors (Lipinski definition) is 3. The summed E-state index contributed by atoms with van der Waals surface area (Å²) in [7, 11) is 0. The number of carboxylic acid groups (broad SMARTS) is 1. The van der Waals surface area contributed by atoms with E-state index >= 15 is 0 Å². The van der Waals surface area contributed by atoms with Gasteiger partial charge in [0.25, 0.3) is 0 Å². The van der Waals surface area contributed by atoms with Crippen LogP contribution in [0.5, 0.6) is 0 Å². The summed E-state index contributed by atoms with van der Waals surface area (Å²) in [6, 6.07) is -1.07. The van der Waals surface area contributed by atoms with Crippen molar-refractivity contribution in [3.63, 3.8) is 0 Å².